The SMILES string of the molecule is CCN(CC)S(=O)(=O)c1ccc(O)c(NC(=O)c2ccc(S(=O)(=O)C(C)C)cc2)c1. The van der Waals surface area contributed by atoms with E-state index in [0.29, 0.717) is 0 Å². The first-order valence-electron chi connectivity index (χ1n) is 9.43. The van der Waals surface area contributed by atoms with Crippen molar-refractivity contribution in [2.24, 2.45) is 0 Å². The van der Waals surface area contributed by atoms with E-state index in [9.17, 15) is 26.7 Å². The van der Waals surface area contributed by atoms with Gasteiger partial charge in [0, 0.05) is 18.7 Å². The van der Waals surface area contributed by atoms with Crippen molar-refractivity contribution in [1.82, 2.24) is 4.31 Å². The number of aromatic hydroxyl groups is 1. The number of nitrogens with zero attached hydrogens (tertiary/aromatic N) is 1. The molecular formula is C20H26N2O6S2. The minimum atomic E-state index is -3.77. The van der Waals surface area contributed by atoms with Crippen LogP contribution in [0.25, 0.3) is 0 Å². The highest BCUT2D eigenvalue weighted by Gasteiger charge is 2.23. The normalized spacial score (nSPS) is 12.3. The maximum atomic E-state index is 12.7. The molecule has 0 saturated carbocycles. The number of benzene rings is 2. The molecule has 30 heavy (non-hydrogen) atoms. The van der Waals surface area contributed by atoms with Crippen LogP contribution in [0.15, 0.2) is 52.3 Å². The van der Waals surface area contributed by atoms with Crippen molar-refractivity contribution in [1.29, 1.82) is 0 Å². The molecule has 10 heteroatoms. The Morgan fingerprint density at radius 3 is 2.00 bits per heavy atom. The Morgan fingerprint density at radius 2 is 1.50 bits per heavy atom. The van der Waals surface area contributed by atoms with E-state index in [1.165, 1.54) is 46.8 Å². The number of hydrogen-bond donors (Lipinski definition) is 2. The molecule has 164 valence electrons. The van der Waals surface area contributed by atoms with Crippen LogP contribution >= 0.6 is 0 Å². The quantitative estimate of drug-likeness (QED) is 0.592. The van der Waals surface area contributed by atoms with Gasteiger partial charge in [0.2, 0.25) is 10.0 Å². The van der Waals surface area contributed by atoms with E-state index in [-0.39, 0.29) is 39.9 Å². The van der Waals surface area contributed by atoms with Gasteiger partial charge in [-0.15, -0.1) is 0 Å². The van der Waals surface area contributed by atoms with Crippen molar-refractivity contribution < 1.29 is 26.7 Å². The van der Waals surface area contributed by atoms with Gasteiger partial charge in [-0.1, -0.05) is 13.8 Å². The highest BCUT2D eigenvalue weighted by molar-refractivity contribution is 7.92. The fourth-order valence-electron chi connectivity index (χ4n) is 2.75. The number of anilines is 1. The van der Waals surface area contributed by atoms with Gasteiger partial charge in [-0.3, -0.25) is 4.79 Å². The Morgan fingerprint density at radius 1 is 0.967 bits per heavy atom. The molecule has 2 aromatic rings. The van der Waals surface area contributed by atoms with Crippen molar-refractivity contribution in [2.45, 2.75) is 42.7 Å². The van der Waals surface area contributed by atoms with Gasteiger partial charge in [0.1, 0.15) is 5.75 Å². The van der Waals surface area contributed by atoms with Gasteiger partial charge in [-0.25, -0.2) is 16.8 Å². The predicted molar refractivity (Wildman–Crippen MR) is 115 cm³/mol. The Balaban J connectivity index is 2.31. The molecular weight excluding hydrogens is 428 g/mol. The van der Waals surface area contributed by atoms with E-state index in [4.69, 9.17) is 0 Å². The van der Waals surface area contributed by atoms with Gasteiger partial charge in [-0.2, -0.15) is 4.31 Å². The highest BCUT2D eigenvalue weighted by atomic mass is 32.2. The van der Waals surface area contributed by atoms with Crippen molar-refractivity contribution in [2.75, 3.05) is 18.4 Å². The summed E-state index contributed by atoms with van der Waals surface area (Å²) in [4.78, 5) is 12.6. The molecule has 0 atom stereocenters. The third kappa shape index (κ3) is 4.82. The molecule has 2 aromatic carbocycles. The molecule has 0 saturated heterocycles. The first kappa shape index (κ1) is 23.8. The third-order valence-electron chi connectivity index (χ3n) is 4.63. The van der Waals surface area contributed by atoms with Gasteiger partial charge < -0.3 is 10.4 Å². The van der Waals surface area contributed by atoms with Crippen LogP contribution < -0.4 is 5.32 Å². The summed E-state index contributed by atoms with van der Waals surface area (Å²) in [5, 5.41) is 11.9. The average molecular weight is 455 g/mol. The predicted octanol–water partition coefficient (Wildman–Crippen LogP) is 2.86. The van der Waals surface area contributed by atoms with Crippen molar-refractivity contribution in [3.63, 3.8) is 0 Å². The lowest BCUT2D eigenvalue weighted by atomic mass is 10.2. The Labute approximate surface area is 177 Å². The van der Waals surface area contributed by atoms with Gasteiger partial charge in [0.05, 0.1) is 20.7 Å². The molecule has 0 bridgehead atoms. The van der Waals surface area contributed by atoms with E-state index < -0.39 is 31.0 Å². The molecule has 2 rings (SSSR count). The van der Waals surface area contributed by atoms with Crippen LogP contribution in [0, 0.1) is 0 Å². The van der Waals surface area contributed by atoms with E-state index in [1.54, 1.807) is 27.7 Å². The van der Waals surface area contributed by atoms with E-state index in [2.05, 4.69) is 5.32 Å². The summed E-state index contributed by atoms with van der Waals surface area (Å²) < 4.78 is 51.0. The summed E-state index contributed by atoms with van der Waals surface area (Å²) >= 11 is 0. The Hall–Kier alpha value is -2.43. The number of rotatable bonds is 8. The molecule has 0 aliphatic rings. The lowest BCUT2D eigenvalue weighted by Crippen LogP contribution is -2.30. The fourth-order valence-corrected chi connectivity index (χ4v) is 5.30. The Kier molecular flexibility index (Phi) is 7.27. The minimum absolute atomic E-state index is 0.0577. The van der Waals surface area contributed by atoms with Crippen LogP contribution in [0.1, 0.15) is 38.1 Å². The fraction of sp³-hybridized carbons (Fsp3) is 0.350. The van der Waals surface area contributed by atoms with Crippen LogP contribution in [-0.4, -0.2) is 50.5 Å². The molecule has 0 aromatic heterocycles. The van der Waals surface area contributed by atoms with Gasteiger partial charge in [0.15, 0.2) is 9.84 Å². The lowest BCUT2D eigenvalue weighted by molar-refractivity contribution is 0.102. The number of hydrogen-bond acceptors (Lipinski definition) is 6. The molecule has 0 aliphatic carbocycles. The molecule has 0 fully saturated rings. The zero-order valence-electron chi connectivity index (χ0n) is 17.3. The number of carbonyl (C=O) groups excluding carboxylic acids is 1. The zero-order chi connectivity index (χ0) is 22.7. The van der Waals surface area contributed by atoms with Crippen LogP contribution in [-0.2, 0) is 19.9 Å². The zero-order valence-corrected chi connectivity index (χ0v) is 18.9. The van der Waals surface area contributed by atoms with Gasteiger partial charge >= 0.3 is 0 Å². The topological polar surface area (TPSA) is 121 Å². The molecule has 0 heterocycles. The molecule has 0 aliphatic heterocycles. The van der Waals surface area contributed by atoms with E-state index in [0.717, 1.165) is 0 Å². The standard InChI is InChI=1S/C20H26N2O6S2/c1-5-22(6-2)30(27,28)17-11-12-19(23)18(13-17)21-20(24)15-7-9-16(10-8-15)29(25,26)14(3)4/h7-14,23H,5-6H2,1-4H3,(H,21,24). The molecule has 2 N–H and O–H groups in total. The second-order valence-electron chi connectivity index (χ2n) is 6.84. The summed E-state index contributed by atoms with van der Waals surface area (Å²) in [6.07, 6.45) is 0. The number of phenols is 1. The van der Waals surface area contributed by atoms with Gasteiger partial charge in [-0.05, 0) is 56.3 Å². The second kappa shape index (κ2) is 9.15. The summed E-state index contributed by atoms with van der Waals surface area (Å²) in [6, 6.07) is 9.06. The van der Waals surface area contributed by atoms with Crippen molar-refractivity contribution in [3.05, 3.63) is 48.0 Å². The number of nitrogens with one attached hydrogen (secondary N) is 1. The molecule has 8 nitrogen and oxygen atoms in total. The Bertz CT molecular complexity index is 1120. The second-order valence-corrected chi connectivity index (χ2v) is 11.3. The first-order chi connectivity index (χ1) is 13.9. The minimum Gasteiger partial charge on any atom is -0.506 e. The van der Waals surface area contributed by atoms with Crippen molar-refractivity contribution >= 4 is 31.5 Å². The molecule has 0 spiro atoms. The first-order valence-corrected chi connectivity index (χ1v) is 12.4. The number of amides is 1. The summed E-state index contributed by atoms with van der Waals surface area (Å²) in [5.41, 5.74) is 0.0984. The number of sulfonamides is 1. The number of phenolic OH excluding ortho intramolecular Hbond substituents is 1. The van der Waals surface area contributed by atoms with E-state index >= 15 is 0 Å². The number of carbonyl (C=O) groups is 1. The smallest absolute Gasteiger partial charge is 0.255 e. The largest absolute Gasteiger partial charge is 0.506 e. The van der Waals surface area contributed by atoms with Crippen LogP contribution in [0.3, 0.4) is 0 Å². The highest BCUT2D eigenvalue weighted by Crippen LogP contribution is 2.28. The number of sulfone groups is 1. The molecule has 0 unspecified atom stereocenters. The summed E-state index contributed by atoms with van der Waals surface area (Å²) in [7, 11) is -7.23. The molecule has 1 amide bonds. The monoisotopic (exact) mass is 454 g/mol. The maximum Gasteiger partial charge on any atom is 0.255 e. The van der Waals surface area contributed by atoms with Crippen LogP contribution in [0.2, 0.25) is 0 Å². The van der Waals surface area contributed by atoms with Gasteiger partial charge in [0.25, 0.3) is 5.91 Å². The molecule has 0 radical (unpaired) electrons. The van der Waals surface area contributed by atoms with Crippen molar-refractivity contribution in [3.8, 4) is 5.75 Å². The maximum absolute atomic E-state index is 12.7. The lowest BCUT2D eigenvalue weighted by Gasteiger charge is -2.19. The third-order valence-corrected chi connectivity index (χ3v) is 8.84. The average Bonchev–Trinajstić information content (AvgIpc) is 2.70. The summed E-state index contributed by atoms with van der Waals surface area (Å²) in [5.74, 6) is -0.906. The van der Waals surface area contributed by atoms with Crippen LogP contribution in [0.4, 0.5) is 5.69 Å². The summed E-state index contributed by atoms with van der Waals surface area (Å²) in [6.45, 7) is 7.14. The van der Waals surface area contributed by atoms with Crippen LogP contribution in [0.5, 0.6) is 5.75 Å². The van der Waals surface area contributed by atoms with E-state index in [1.807, 2.05) is 0 Å².